The number of oxazole rings is 1. The van der Waals surface area contributed by atoms with Gasteiger partial charge in [-0.3, -0.25) is 4.79 Å². The number of nitrogens with zero attached hydrogens (tertiary/aromatic N) is 2. The number of carbonyl (C=O) groups excluding carboxylic acids is 1. The molecule has 3 aliphatic rings. The minimum absolute atomic E-state index is 0.0155. The summed E-state index contributed by atoms with van der Waals surface area (Å²) in [5.74, 6) is -0.719. The average molecular weight is 497 g/mol. The minimum atomic E-state index is -4.60. The summed E-state index contributed by atoms with van der Waals surface area (Å²) in [4.78, 5) is 18.5. The lowest BCUT2D eigenvalue weighted by molar-refractivity contribution is -0.130. The van der Waals surface area contributed by atoms with Gasteiger partial charge in [-0.2, -0.15) is 18.2 Å². The van der Waals surface area contributed by atoms with E-state index in [1.54, 1.807) is 12.0 Å². The highest BCUT2D eigenvalue weighted by Crippen LogP contribution is 2.52. The van der Waals surface area contributed by atoms with Gasteiger partial charge in [0.25, 0.3) is 11.9 Å². The van der Waals surface area contributed by atoms with Crippen molar-refractivity contribution in [3.63, 3.8) is 0 Å². The second kappa shape index (κ2) is 8.69. The number of ether oxygens (including phenoxy) is 2. The minimum Gasteiger partial charge on any atom is -0.487 e. The summed E-state index contributed by atoms with van der Waals surface area (Å²) in [6, 6.07) is 3.85. The number of hydrogen-bond acceptors (Lipinski definition) is 6. The Bertz CT molecular complexity index is 1100. The topological polar surface area (TPSA) is 76.8 Å². The van der Waals surface area contributed by atoms with Gasteiger partial charge in [-0.1, -0.05) is 6.92 Å². The van der Waals surface area contributed by atoms with Crippen molar-refractivity contribution in [1.82, 2.24) is 4.98 Å². The van der Waals surface area contributed by atoms with Crippen molar-refractivity contribution < 1.29 is 36.2 Å². The molecule has 0 radical (unpaired) electrons. The van der Waals surface area contributed by atoms with Crippen molar-refractivity contribution in [3.05, 3.63) is 35.5 Å². The number of benzene rings is 1. The van der Waals surface area contributed by atoms with Gasteiger partial charge in [0.15, 0.2) is 17.3 Å². The monoisotopic (exact) mass is 497 g/mol. The number of amides is 1. The molecule has 2 aromatic rings. The zero-order valence-corrected chi connectivity index (χ0v) is 19.5. The molecule has 2 aliphatic carbocycles. The molecule has 2 heterocycles. The molecule has 3 atom stereocenters. The Morgan fingerprint density at radius 2 is 1.97 bits per heavy atom. The van der Waals surface area contributed by atoms with Crippen molar-refractivity contribution in [3.8, 4) is 5.75 Å². The first-order valence-corrected chi connectivity index (χ1v) is 11.7. The molecule has 0 spiro atoms. The van der Waals surface area contributed by atoms with Crippen LogP contribution in [0.3, 0.4) is 0 Å². The maximum Gasteiger partial charge on any atom is 0.396 e. The summed E-state index contributed by atoms with van der Waals surface area (Å²) in [7, 11) is 1.57. The molecule has 11 heteroatoms. The standard InChI is InChI=1S/C24H27F4N3O4/c1-3-23(33-2)11-31(12-23)22-30-20(19(35-22)10-24(26,27)28)21(32)29-15-4-5-18(17(25)9-15)34-16-7-13-6-14(13)8-16/h4-5,9,13-14,16H,3,6-8,10-12H2,1-2H3,(H,29,32)/t13-,14+,16?. The summed E-state index contributed by atoms with van der Waals surface area (Å²) in [6.07, 6.45) is -2.32. The van der Waals surface area contributed by atoms with E-state index < -0.39 is 41.4 Å². The van der Waals surface area contributed by atoms with Gasteiger partial charge in [0.05, 0.1) is 19.2 Å². The average Bonchev–Trinajstić information content (AvgIpc) is 3.17. The van der Waals surface area contributed by atoms with E-state index >= 15 is 0 Å². The Kier molecular flexibility index (Phi) is 5.93. The maximum absolute atomic E-state index is 14.6. The molecule has 2 saturated carbocycles. The highest BCUT2D eigenvalue weighted by molar-refractivity contribution is 6.03. The van der Waals surface area contributed by atoms with Crippen LogP contribution in [-0.2, 0) is 11.2 Å². The molecule has 1 aromatic heterocycles. The van der Waals surface area contributed by atoms with Crippen LogP contribution in [0, 0.1) is 17.7 Å². The Hall–Kier alpha value is -2.82. The molecule has 1 saturated heterocycles. The lowest BCUT2D eigenvalue weighted by Gasteiger charge is -2.47. The lowest BCUT2D eigenvalue weighted by Crippen LogP contribution is -2.62. The second-order valence-corrected chi connectivity index (χ2v) is 9.72. The maximum atomic E-state index is 14.6. The summed E-state index contributed by atoms with van der Waals surface area (Å²) in [6.45, 7) is 2.69. The molecule has 1 aromatic carbocycles. The van der Waals surface area contributed by atoms with E-state index in [0.29, 0.717) is 31.3 Å². The third-order valence-corrected chi connectivity index (χ3v) is 7.25. The van der Waals surface area contributed by atoms with Gasteiger partial charge in [0.2, 0.25) is 0 Å². The number of nitrogens with one attached hydrogen (secondary N) is 1. The Labute approximate surface area is 199 Å². The van der Waals surface area contributed by atoms with Crippen molar-refractivity contribution in [2.45, 2.75) is 56.9 Å². The number of methoxy groups -OCH3 is 1. The molecule has 35 heavy (non-hydrogen) atoms. The molecule has 7 nitrogen and oxygen atoms in total. The lowest BCUT2D eigenvalue weighted by atomic mass is 9.91. The number of aromatic nitrogens is 1. The first-order chi connectivity index (χ1) is 16.6. The van der Waals surface area contributed by atoms with Crippen LogP contribution in [0.2, 0.25) is 0 Å². The van der Waals surface area contributed by atoms with Crippen molar-refractivity contribution in [2.24, 2.45) is 11.8 Å². The van der Waals surface area contributed by atoms with Crippen LogP contribution in [0.25, 0.3) is 0 Å². The van der Waals surface area contributed by atoms with Crippen LogP contribution in [0.1, 0.15) is 48.9 Å². The third kappa shape index (κ3) is 4.96. The Morgan fingerprint density at radius 3 is 2.57 bits per heavy atom. The first-order valence-electron chi connectivity index (χ1n) is 11.7. The van der Waals surface area contributed by atoms with Crippen molar-refractivity contribution >= 4 is 17.6 Å². The fourth-order valence-electron chi connectivity index (χ4n) is 5.04. The number of alkyl halides is 3. The number of carbonyl (C=O) groups is 1. The van der Waals surface area contributed by atoms with E-state index in [1.807, 2.05) is 6.92 Å². The fraction of sp³-hybridized carbons (Fsp3) is 0.583. The van der Waals surface area contributed by atoms with E-state index in [4.69, 9.17) is 13.9 Å². The zero-order valence-electron chi connectivity index (χ0n) is 19.5. The van der Waals surface area contributed by atoms with Gasteiger partial charge in [-0.15, -0.1) is 0 Å². The Balaban J connectivity index is 1.29. The van der Waals surface area contributed by atoms with E-state index in [1.165, 1.54) is 18.6 Å². The SMILES string of the molecule is CCC1(OC)CN(c2nc(C(=O)Nc3ccc(OC4C[C@@H]5C[C@@H]5C4)c(F)c3)c(CC(F)(F)F)o2)C1. The molecular weight excluding hydrogens is 470 g/mol. The number of hydrogen-bond donors (Lipinski definition) is 1. The van der Waals surface area contributed by atoms with Gasteiger partial charge in [0, 0.05) is 18.9 Å². The summed E-state index contributed by atoms with van der Waals surface area (Å²) in [5, 5.41) is 2.42. The van der Waals surface area contributed by atoms with E-state index in [2.05, 4.69) is 10.3 Å². The van der Waals surface area contributed by atoms with Crippen LogP contribution >= 0.6 is 0 Å². The highest BCUT2D eigenvalue weighted by atomic mass is 19.4. The predicted molar refractivity (Wildman–Crippen MR) is 118 cm³/mol. The van der Waals surface area contributed by atoms with Gasteiger partial charge in [0.1, 0.15) is 17.8 Å². The highest BCUT2D eigenvalue weighted by Gasteiger charge is 2.47. The van der Waals surface area contributed by atoms with Crippen LogP contribution in [0.4, 0.5) is 29.3 Å². The molecule has 1 unspecified atom stereocenters. The smallest absolute Gasteiger partial charge is 0.396 e. The number of rotatable bonds is 8. The van der Waals surface area contributed by atoms with Crippen molar-refractivity contribution in [2.75, 3.05) is 30.4 Å². The van der Waals surface area contributed by atoms with Crippen LogP contribution < -0.4 is 15.0 Å². The molecule has 190 valence electrons. The largest absolute Gasteiger partial charge is 0.487 e. The second-order valence-electron chi connectivity index (χ2n) is 9.72. The van der Waals surface area contributed by atoms with E-state index in [0.717, 1.165) is 18.9 Å². The summed E-state index contributed by atoms with van der Waals surface area (Å²) >= 11 is 0. The van der Waals surface area contributed by atoms with E-state index in [9.17, 15) is 22.4 Å². The first kappa shape index (κ1) is 23.9. The molecular formula is C24H27F4N3O4. The molecule has 1 N–H and O–H groups in total. The molecule has 0 bridgehead atoms. The molecule has 5 rings (SSSR count). The van der Waals surface area contributed by atoms with Gasteiger partial charge < -0.3 is 24.1 Å². The van der Waals surface area contributed by atoms with E-state index in [-0.39, 0.29) is 23.6 Å². The van der Waals surface area contributed by atoms with Crippen LogP contribution in [0.15, 0.2) is 22.6 Å². The Morgan fingerprint density at radius 1 is 1.26 bits per heavy atom. The number of halogens is 4. The summed E-state index contributed by atoms with van der Waals surface area (Å²) in [5.41, 5.74) is -0.846. The molecule has 1 aliphatic heterocycles. The quantitative estimate of drug-likeness (QED) is 0.520. The zero-order chi connectivity index (χ0) is 25.0. The molecule has 3 fully saturated rings. The number of anilines is 2. The fourth-order valence-corrected chi connectivity index (χ4v) is 5.04. The predicted octanol–water partition coefficient (Wildman–Crippen LogP) is 4.96. The normalized spacial score (nSPS) is 24.6. The number of fused-ring (bicyclic) bond motifs is 1. The van der Waals surface area contributed by atoms with Crippen LogP contribution in [0.5, 0.6) is 5.75 Å². The summed E-state index contributed by atoms with van der Waals surface area (Å²) < 4.78 is 70.5. The van der Waals surface area contributed by atoms with Crippen molar-refractivity contribution in [1.29, 1.82) is 0 Å². The third-order valence-electron chi connectivity index (χ3n) is 7.25. The van der Waals surface area contributed by atoms with Crippen LogP contribution in [-0.4, -0.2) is 49.0 Å². The van der Waals surface area contributed by atoms with Gasteiger partial charge in [-0.05, 0) is 49.7 Å². The van der Waals surface area contributed by atoms with Gasteiger partial charge >= 0.3 is 6.18 Å². The molecule has 1 amide bonds. The van der Waals surface area contributed by atoms with Gasteiger partial charge in [-0.25, -0.2) is 4.39 Å².